The summed E-state index contributed by atoms with van der Waals surface area (Å²) in [5.74, 6) is 0.724. The zero-order valence-corrected chi connectivity index (χ0v) is 15.2. The van der Waals surface area contributed by atoms with Crippen LogP contribution in [0, 0.1) is 6.92 Å². The van der Waals surface area contributed by atoms with Gasteiger partial charge in [-0.05, 0) is 37.3 Å². The van der Waals surface area contributed by atoms with Crippen LogP contribution in [0.5, 0.6) is 5.75 Å². The van der Waals surface area contributed by atoms with E-state index < -0.39 is 10.0 Å². The van der Waals surface area contributed by atoms with Gasteiger partial charge in [0.25, 0.3) is 10.0 Å². The number of hydrogen-bond acceptors (Lipinski definition) is 3. The van der Waals surface area contributed by atoms with Gasteiger partial charge >= 0.3 is 0 Å². The van der Waals surface area contributed by atoms with Crippen LogP contribution in [0.1, 0.15) is 17.2 Å². The maximum atomic E-state index is 13.2. The van der Waals surface area contributed by atoms with Crippen molar-refractivity contribution in [3.05, 3.63) is 90.0 Å². The van der Waals surface area contributed by atoms with Crippen LogP contribution in [0.3, 0.4) is 0 Å². The van der Waals surface area contributed by atoms with Crippen LogP contribution in [0.4, 0.5) is 5.69 Å². The zero-order valence-electron chi connectivity index (χ0n) is 14.4. The number of anilines is 1. The second-order valence-electron chi connectivity index (χ2n) is 6.33. The summed E-state index contributed by atoms with van der Waals surface area (Å²) >= 11 is 0. The van der Waals surface area contributed by atoms with Crippen molar-refractivity contribution in [1.82, 2.24) is 0 Å². The summed E-state index contributed by atoms with van der Waals surface area (Å²) in [4.78, 5) is 0.290. The molecular weight excluding hydrogens is 346 g/mol. The summed E-state index contributed by atoms with van der Waals surface area (Å²) in [6.07, 6.45) is -0.339. The quantitative estimate of drug-likeness (QED) is 0.692. The third-order valence-electron chi connectivity index (χ3n) is 4.51. The van der Waals surface area contributed by atoms with Crippen LogP contribution in [-0.2, 0) is 10.0 Å². The molecule has 4 nitrogen and oxygen atoms in total. The number of fused-ring (bicyclic) bond motifs is 1. The molecule has 4 rings (SSSR count). The number of hydrogen-bond donors (Lipinski definition) is 0. The monoisotopic (exact) mass is 365 g/mol. The largest absolute Gasteiger partial charge is 0.484 e. The maximum absolute atomic E-state index is 13.2. The minimum Gasteiger partial charge on any atom is -0.484 e. The topological polar surface area (TPSA) is 46.6 Å². The van der Waals surface area contributed by atoms with Crippen LogP contribution in [0.25, 0.3) is 0 Å². The van der Waals surface area contributed by atoms with Crippen molar-refractivity contribution >= 4 is 15.7 Å². The highest BCUT2D eigenvalue weighted by atomic mass is 32.2. The molecule has 0 amide bonds. The van der Waals surface area contributed by atoms with E-state index in [-0.39, 0.29) is 12.6 Å². The molecule has 0 radical (unpaired) electrons. The molecule has 1 aliphatic rings. The molecule has 3 aromatic carbocycles. The fourth-order valence-corrected chi connectivity index (χ4v) is 4.65. The van der Waals surface area contributed by atoms with Crippen molar-refractivity contribution in [2.75, 3.05) is 10.8 Å². The first kappa shape index (κ1) is 16.7. The van der Waals surface area contributed by atoms with E-state index in [2.05, 4.69) is 0 Å². The fraction of sp³-hybridized carbons (Fsp3) is 0.143. The normalized spacial score (nSPS) is 16.3. The second kappa shape index (κ2) is 6.50. The van der Waals surface area contributed by atoms with Crippen LogP contribution < -0.4 is 9.04 Å². The SMILES string of the molecule is Cc1ccc(S(=O)(=O)N2CC(Oc3ccccc3)c3ccccc32)cc1. The van der Waals surface area contributed by atoms with Gasteiger partial charge in [-0.3, -0.25) is 4.31 Å². The van der Waals surface area contributed by atoms with Gasteiger partial charge in [0.15, 0.2) is 0 Å². The molecule has 0 N–H and O–H groups in total. The van der Waals surface area contributed by atoms with Gasteiger partial charge in [0.2, 0.25) is 0 Å². The van der Waals surface area contributed by atoms with Crippen molar-refractivity contribution in [2.45, 2.75) is 17.9 Å². The number of rotatable bonds is 4. The fourth-order valence-electron chi connectivity index (χ4n) is 3.16. The lowest BCUT2D eigenvalue weighted by Crippen LogP contribution is -2.30. The Kier molecular flexibility index (Phi) is 4.17. The number of nitrogens with zero attached hydrogens (tertiary/aromatic N) is 1. The van der Waals surface area contributed by atoms with E-state index in [0.29, 0.717) is 10.6 Å². The molecule has 0 spiro atoms. The van der Waals surface area contributed by atoms with Crippen LogP contribution in [0.15, 0.2) is 83.8 Å². The number of benzene rings is 3. The highest BCUT2D eigenvalue weighted by Gasteiger charge is 2.37. The van der Waals surface area contributed by atoms with Crippen molar-refractivity contribution in [1.29, 1.82) is 0 Å². The standard InChI is InChI=1S/C21H19NO3S/c1-16-11-13-18(14-12-16)26(23,24)22-15-21(19-9-5-6-10-20(19)22)25-17-7-3-2-4-8-17/h2-14,21H,15H2,1H3. The lowest BCUT2D eigenvalue weighted by molar-refractivity contribution is 0.224. The Morgan fingerprint density at radius 1 is 0.885 bits per heavy atom. The molecule has 5 heteroatoms. The number of para-hydroxylation sites is 2. The van der Waals surface area contributed by atoms with Crippen LogP contribution in [-0.4, -0.2) is 15.0 Å². The predicted molar refractivity (Wildman–Crippen MR) is 102 cm³/mol. The highest BCUT2D eigenvalue weighted by Crippen LogP contribution is 2.40. The van der Waals surface area contributed by atoms with Gasteiger partial charge in [-0.25, -0.2) is 8.42 Å². The average molecular weight is 365 g/mol. The number of aryl methyl sites for hydroxylation is 1. The average Bonchev–Trinajstić information content (AvgIpc) is 3.02. The Hall–Kier alpha value is -2.79. The molecule has 1 atom stereocenters. The molecule has 132 valence electrons. The predicted octanol–water partition coefficient (Wildman–Crippen LogP) is 4.32. The lowest BCUT2D eigenvalue weighted by Gasteiger charge is -2.20. The van der Waals surface area contributed by atoms with E-state index in [1.807, 2.05) is 73.7 Å². The van der Waals surface area contributed by atoms with Gasteiger partial charge in [0.05, 0.1) is 17.1 Å². The van der Waals surface area contributed by atoms with Gasteiger partial charge in [-0.15, -0.1) is 0 Å². The molecule has 0 aromatic heterocycles. The summed E-state index contributed by atoms with van der Waals surface area (Å²) in [5, 5.41) is 0. The number of sulfonamides is 1. The van der Waals surface area contributed by atoms with E-state index in [1.165, 1.54) is 4.31 Å². The van der Waals surface area contributed by atoms with Crippen molar-refractivity contribution in [2.24, 2.45) is 0 Å². The first-order chi connectivity index (χ1) is 12.6. The maximum Gasteiger partial charge on any atom is 0.264 e. The molecule has 3 aromatic rings. The van der Waals surface area contributed by atoms with Crippen molar-refractivity contribution in [3.63, 3.8) is 0 Å². The van der Waals surface area contributed by atoms with Gasteiger partial charge in [0, 0.05) is 5.56 Å². The third-order valence-corrected chi connectivity index (χ3v) is 6.31. The first-order valence-corrected chi connectivity index (χ1v) is 9.90. The van der Waals surface area contributed by atoms with Crippen LogP contribution >= 0.6 is 0 Å². The minimum atomic E-state index is -3.64. The van der Waals surface area contributed by atoms with E-state index >= 15 is 0 Å². The molecular formula is C21H19NO3S. The lowest BCUT2D eigenvalue weighted by atomic mass is 10.1. The van der Waals surface area contributed by atoms with E-state index in [0.717, 1.165) is 16.9 Å². The van der Waals surface area contributed by atoms with Crippen molar-refractivity contribution < 1.29 is 13.2 Å². The Bertz CT molecular complexity index is 1010. The first-order valence-electron chi connectivity index (χ1n) is 8.46. The second-order valence-corrected chi connectivity index (χ2v) is 8.19. The molecule has 26 heavy (non-hydrogen) atoms. The molecule has 0 saturated heterocycles. The van der Waals surface area contributed by atoms with Gasteiger partial charge in [-0.2, -0.15) is 0 Å². The summed E-state index contributed by atoms with van der Waals surface area (Å²) in [5.41, 5.74) is 2.58. The summed E-state index contributed by atoms with van der Waals surface area (Å²) in [6, 6.07) is 23.9. The van der Waals surface area contributed by atoms with Gasteiger partial charge < -0.3 is 4.74 Å². The molecule has 0 bridgehead atoms. The summed E-state index contributed by atoms with van der Waals surface area (Å²) in [6.45, 7) is 2.19. The van der Waals surface area contributed by atoms with E-state index in [1.54, 1.807) is 12.1 Å². The number of ether oxygens (including phenoxy) is 1. The van der Waals surface area contributed by atoms with E-state index in [4.69, 9.17) is 4.74 Å². The third kappa shape index (κ3) is 2.95. The molecule has 0 fully saturated rings. The summed E-state index contributed by atoms with van der Waals surface area (Å²) < 4.78 is 33.9. The molecule has 1 aliphatic heterocycles. The van der Waals surface area contributed by atoms with Crippen LogP contribution in [0.2, 0.25) is 0 Å². The van der Waals surface area contributed by atoms with Gasteiger partial charge in [-0.1, -0.05) is 54.1 Å². The molecule has 0 saturated carbocycles. The van der Waals surface area contributed by atoms with Crippen molar-refractivity contribution in [3.8, 4) is 5.75 Å². The zero-order chi connectivity index (χ0) is 18.1. The molecule has 0 aliphatic carbocycles. The molecule has 1 unspecified atom stereocenters. The Balaban J connectivity index is 1.71. The Morgan fingerprint density at radius 2 is 1.54 bits per heavy atom. The minimum absolute atomic E-state index is 0.254. The Labute approximate surface area is 153 Å². The van der Waals surface area contributed by atoms with E-state index in [9.17, 15) is 8.42 Å². The highest BCUT2D eigenvalue weighted by molar-refractivity contribution is 7.92. The summed E-state index contributed by atoms with van der Waals surface area (Å²) in [7, 11) is -3.64. The Morgan fingerprint density at radius 3 is 2.27 bits per heavy atom. The smallest absolute Gasteiger partial charge is 0.264 e. The van der Waals surface area contributed by atoms with Gasteiger partial charge in [0.1, 0.15) is 11.9 Å². The molecule has 1 heterocycles.